The fraction of sp³-hybridized carbons (Fsp3) is 0.471. The summed E-state index contributed by atoms with van der Waals surface area (Å²) in [6, 6.07) is 7.41. The highest BCUT2D eigenvalue weighted by molar-refractivity contribution is 5.97. The summed E-state index contributed by atoms with van der Waals surface area (Å²) in [7, 11) is 0. The van der Waals surface area contributed by atoms with Gasteiger partial charge < -0.3 is 10.0 Å². The summed E-state index contributed by atoms with van der Waals surface area (Å²) in [5, 5.41) is 8.81. The van der Waals surface area contributed by atoms with Crippen molar-refractivity contribution in [2.24, 2.45) is 11.8 Å². The minimum Gasteiger partial charge on any atom is -0.384 e. The largest absolute Gasteiger partial charge is 0.384 e. The Morgan fingerprint density at radius 3 is 2.65 bits per heavy atom. The van der Waals surface area contributed by atoms with Crippen molar-refractivity contribution < 1.29 is 9.90 Å². The molecule has 3 rings (SSSR count). The van der Waals surface area contributed by atoms with E-state index in [4.69, 9.17) is 5.11 Å². The van der Waals surface area contributed by atoms with Crippen molar-refractivity contribution in [1.29, 1.82) is 0 Å². The normalized spacial score (nSPS) is 24.1. The van der Waals surface area contributed by atoms with Crippen molar-refractivity contribution in [3.63, 3.8) is 0 Å². The number of fused-ring (bicyclic) bond motifs is 1. The Morgan fingerprint density at radius 2 is 1.95 bits per heavy atom. The third kappa shape index (κ3) is 2.44. The molecule has 1 aliphatic carbocycles. The fourth-order valence-corrected chi connectivity index (χ4v) is 3.48. The first kappa shape index (κ1) is 13.2. The van der Waals surface area contributed by atoms with Crippen LogP contribution in [0.5, 0.6) is 0 Å². The summed E-state index contributed by atoms with van der Waals surface area (Å²) in [5.41, 5.74) is 1.37. The first-order valence-electron chi connectivity index (χ1n) is 7.27. The topological polar surface area (TPSA) is 40.5 Å². The van der Waals surface area contributed by atoms with Gasteiger partial charge >= 0.3 is 0 Å². The van der Waals surface area contributed by atoms with Crippen LogP contribution in [-0.4, -0.2) is 35.6 Å². The molecule has 1 N–H and O–H groups in total. The molecule has 0 aromatic heterocycles. The van der Waals surface area contributed by atoms with Crippen molar-refractivity contribution in [3.05, 3.63) is 35.4 Å². The molecular formula is C17H19NO2. The van der Waals surface area contributed by atoms with Crippen LogP contribution in [0, 0.1) is 23.7 Å². The zero-order chi connectivity index (χ0) is 13.9. The molecule has 104 valence electrons. The van der Waals surface area contributed by atoms with Gasteiger partial charge in [-0.1, -0.05) is 30.4 Å². The highest BCUT2D eigenvalue weighted by atomic mass is 16.2. The van der Waals surface area contributed by atoms with Crippen molar-refractivity contribution >= 4 is 5.91 Å². The standard InChI is InChI=1S/C17H19NO2/c19-10-4-8-13-5-1-2-9-16(13)17(20)18-11-14-6-3-7-15(14)12-18/h1-2,5,9,14-15,19H,3,6-7,10-12H2. The molecule has 1 aliphatic heterocycles. The van der Waals surface area contributed by atoms with Gasteiger partial charge in [0.05, 0.1) is 5.56 Å². The second-order valence-electron chi connectivity index (χ2n) is 5.67. The number of hydrogen-bond acceptors (Lipinski definition) is 2. The molecule has 2 unspecified atom stereocenters. The lowest BCUT2D eigenvalue weighted by atomic mass is 10.0. The quantitative estimate of drug-likeness (QED) is 0.791. The summed E-state index contributed by atoms with van der Waals surface area (Å²) >= 11 is 0. The average molecular weight is 269 g/mol. The fourth-order valence-electron chi connectivity index (χ4n) is 3.48. The third-order valence-corrected chi connectivity index (χ3v) is 4.47. The van der Waals surface area contributed by atoms with Crippen LogP contribution in [0.1, 0.15) is 35.2 Å². The monoisotopic (exact) mass is 269 g/mol. The zero-order valence-electron chi connectivity index (χ0n) is 11.5. The number of aliphatic hydroxyl groups excluding tert-OH is 1. The van der Waals surface area contributed by atoms with E-state index >= 15 is 0 Å². The molecule has 1 heterocycles. The first-order chi connectivity index (χ1) is 9.79. The van der Waals surface area contributed by atoms with E-state index in [0.717, 1.165) is 13.1 Å². The maximum absolute atomic E-state index is 12.7. The van der Waals surface area contributed by atoms with Gasteiger partial charge in [0.25, 0.3) is 5.91 Å². The second-order valence-corrected chi connectivity index (χ2v) is 5.67. The van der Waals surface area contributed by atoms with E-state index in [0.29, 0.717) is 23.0 Å². The van der Waals surface area contributed by atoms with Crippen molar-refractivity contribution in [2.75, 3.05) is 19.7 Å². The predicted molar refractivity (Wildman–Crippen MR) is 77.1 cm³/mol. The molecular weight excluding hydrogens is 250 g/mol. The van der Waals surface area contributed by atoms with Crippen molar-refractivity contribution in [1.82, 2.24) is 4.90 Å². The van der Waals surface area contributed by atoms with E-state index in [1.54, 1.807) is 0 Å². The van der Waals surface area contributed by atoms with Gasteiger partial charge in [-0.15, -0.1) is 0 Å². The van der Waals surface area contributed by atoms with E-state index in [1.807, 2.05) is 29.2 Å². The van der Waals surface area contributed by atoms with Gasteiger partial charge in [0.15, 0.2) is 0 Å². The van der Waals surface area contributed by atoms with Crippen LogP contribution in [-0.2, 0) is 0 Å². The minimum absolute atomic E-state index is 0.0854. The molecule has 20 heavy (non-hydrogen) atoms. The molecule has 0 bridgehead atoms. The Kier molecular flexibility index (Phi) is 3.75. The highest BCUT2D eigenvalue weighted by Crippen LogP contribution is 2.38. The van der Waals surface area contributed by atoms with Gasteiger partial charge in [-0.3, -0.25) is 4.79 Å². The summed E-state index contributed by atoms with van der Waals surface area (Å²) in [6.45, 7) is 1.60. The van der Waals surface area contributed by atoms with E-state index in [2.05, 4.69) is 11.8 Å². The smallest absolute Gasteiger partial charge is 0.255 e. The van der Waals surface area contributed by atoms with Gasteiger partial charge in [-0.25, -0.2) is 0 Å². The Hall–Kier alpha value is -1.79. The molecule has 2 fully saturated rings. The van der Waals surface area contributed by atoms with E-state index in [1.165, 1.54) is 19.3 Å². The number of likely N-dealkylation sites (tertiary alicyclic amines) is 1. The summed E-state index contributed by atoms with van der Waals surface area (Å²) in [6.07, 6.45) is 3.84. The Balaban J connectivity index is 1.81. The van der Waals surface area contributed by atoms with E-state index in [9.17, 15) is 4.79 Å². The lowest BCUT2D eigenvalue weighted by Gasteiger charge is -2.18. The van der Waals surface area contributed by atoms with Crippen LogP contribution in [0.15, 0.2) is 24.3 Å². The SMILES string of the molecule is O=C(c1ccccc1C#CCO)N1CC2CCCC2C1. The first-order valence-corrected chi connectivity index (χ1v) is 7.27. The van der Waals surface area contributed by atoms with Crippen molar-refractivity contribution in [3.8, 4) is 11.8 Å². The van der Waals surface area contributed by atoms with Crippen LogP contribution in [0.2, 0.25) is 0 Å². The van der Waals surface area contributed by atoms with Gasteiger partial charge in [0, 0.05) is 18.7 Å². The number of benzene rings is 1. The van der Waals surface area contributed by atoms with Crippen LogP contribution in [0.3, 0.4) is 0 Å². The highest BCUT2D eigenvalue weighted by Gasteiger charge is 2.38. The van der Waals surface area contributed by atoms with Crippen molar-refractivity contribution in [2.45, 2.75) is 19.3 Å². The van der Waals surface area contributed by atoms with Gasteiger partial charge in [-0.05, 0) is 36.8 Å². The number of rotatable bonds is 1. The number of nitrogens with zero attached hydrogens (tertiary/aromatic N) is 1. The molecule has 1 saturated heterocycles. The lowest BCUT2D eigenvalue weighted by molar-refractivity contribution is 0.0780. The molecule has 0 spiro atoms. The Bertz CT molecular complexity index is 558. The van der Waals surface area contributed by atoms with Crippen LogP contribution in [0.25, 0.3) is 0 Å². The summed E-state index contributed by atoms with van der Waals surface area (Å²) in [5.74, 6) is 6.99. The third-order valence-electron chi connectivity index (χ3n) is 4.47. The molecule has 1 aromatic carbocycles. The number of hydrogen-bond donors (Lipinski definition) is 1. The zero-order valence-corrected chi connectivity index (χ0v) is 11.5. The molecule has 3 nitrogen and oxygen atoms in total. The molecule has 1 saturated carbocycles. The van der Waals surface area contributed by atoms with Gasteiger partial charge in [0.2, 0.25) is 0 Å². The van der Waals surface area contributed by atoms with E-state index < -0.39 is 0 Å². The lowest BCUT2D eigenvalue weighted by Crippen LogP contribution is -2.30. The summed E-state index contributed by atoms with van der Waals surface area (Å²) in [4.78, 5) is 14.6. The van der Waals surface area contributed by atoms with Gasteiger partial charge in [-0.2, -0.15) is 0 Å². The number of aliphatic hydroxyl groups is 1. The van der Waals surface area contributed by atoms with Crippen LogP contribution >= 0.6 is 0 Å². The molecule has 3 heteroatoms. The molecule has 2 aliphatic rings. The number of carbonyl (C=O) groups excluding carboxylic acids is 1. The molecule has 2 atom stereocenters. The maximum Gasteiger partial charge on any atom is 0.255 e. The molecule has 1 aromatic rings. The van der Waals surface area contributed by atoms with E-state index in [-0.39, 0.29) is 12.5 Å². The van der Waals surface area contributed by atoms with Gasteiger partial charge in [0.1, 0.15) is 6.61 Å². The Morgan fingerprint density at radius 1 is 1.25 bits per heavy atom. The number of amides is 1. The van der Waals surface area contributed by atoms with Crippen LogP contribution in [0.4, 0.5) is 0 Å². The maximum atomic E-state index is 12.7. The van der Waals surface area contributed by atoms with Crippen LogP contribution < -0.4 is 0 Å². The Labute approximate surface area is 119 Å². The number of carbonyl (C=O) groups is 1. The summed E-state index contributed by atoms with van der Waals surface area (Å²) < 4.78 is 0. The second kappa shape index (κ2) is 5.68. The minimum atomic E-state index is -0.184. The molecule has 0 radical (unpaired) electrons. The average Bonchev–Trinajstić information content (AvgIpc) is 3.06. The molecule has 1 amide bonds. The predicted octanol–water partition coefficient (Wildman–Crippen LogP) is 1.90.